The Hall–Kier alpha value is -2.89. The third-order valence-corrected chi connectivity index (χ3v) is 4.60. The van der Waals surface area contributed by atoms with Gasteiger partial charge in [-0.1, -0.05) is 31.0 Å². The number of nitrogens with zero attached hydrogens (tertiary/aromatic N) is 1. The number of amides is 2. The van der Waals surface area contributed by atoms with Crippen molar-refractivity contribution < 1.29 is 14.0 Å². The van der Waals surface area contributed by atoms with Gasteiger partial charge in [-0.2, -0.15) is 0 Å². The SMILES string of the molecule is O=C(CNc1ccccc1F)Nc1cccc(C(=O)N2CCCCCC2)c1. The molecule has 3 rings (SSSR count). The molecular formula is C21H24FN3O2. The van der Waals surface area contributed by atoms with Crippen molar-refractivity contribution in [2.45, 2.75) is 25.7 Å². The molecule has 0 radical (unpaired) electrons. The molecule has 0 saturated carbocycles. The predicted molar refractivity (Wildman–Crippen MR) is 104 cm³/mol. The summed E-state index contributed by atoms with van der Waals surface area (Å²) in [7, 11) is 0. The van der Waals surface area contributed by atoms with Crippen molar-refractivity contribution in [2.24, 2.45) is 0 Å². The number of halogens is 1. The van der Waals surface area contributed by atoms with E-state index in [-0.39, 0.29) is 24.0 Å². The van der Waals surface area contributed by atoms with Crippen molar-refractivity contribution >= 4 is 23.2 Å². The number of carbonyl (C=O) groups excluding carboxylic acids is 2. The number of carbonyl (C=O) groups is 2. The van der Waals surface area contributed by atoms with Crippen LogP contribution in [0.2, 0.25) is 0 Å². The zero-order valence-electron chi connectivity index (χ0n) is 15.2. The quantitative estimate of drug-likeness (QED) is 0.840. The van der Waals surface area contributed by atoms with Crippen LogP contribution in [-0.2, 0) is 4.79 Å². The number of likely N-dealkylation sites (tertiary alicyclic amines) is 1. The minimum absolute atomic E-state index is 0.00233. The largest absolute Gasteiger partial charge is 0.374 e. The lowest BCUT2D eigenvalue weighted by molar-refractivity contribution is -0.114. The van der Waals surface area contributed by atoms with E-state index in [1.165, 1.54) is 6.07 Å². The lowest BCUT2D eigenvalue weighted by Gasteiger charge is -2.20. The van der Waals surface area contributed by atoms with Crippen molar-refractivity contribution in [1.82, 2.24) is 4.90 Å². The lowest BCUT2D eigenvalue weighted by atomic mass is 10.1. The van der Waals surface area contributed by atoms with Gasteiger partial charge in [0.05, 0.1) is 12.2 Å². The molecule has 6 heteroatoms. The average Bonchev–Trinajstić information content (AvgIpc) is 2.96. The molecule has 1 aliphatic rings. The zero-order chi connectivity index (χ0) is 19.1. The smallest absolute Gasteiger partial charge is 0.253 e. The van der Waals surface area contributed by atoms with Crippen molar-refractivity contribution in [1.29, 1.82) is 0 Å². The number of para-hydroxylation sites is 1. The summed E-state index contributed by atoms with van der Waals surface area (Å²) < 4.78 is 13.6. The van der Waals surface area contributed by atoms with Crippen LogP contribution in [0.4, 0.5) is 15.8 Å². The van der Waals surface area contributed by atoms with Crippen LogP contribution >= 0.6 is 0 Å². The molecule has 0 aliphatic carbocycles. The first-order chi connectivity index (χ1) is 13.1. The number of rotatable bonds is 5. The number of hydrogen-bond donors (Lipinski definition) is 2. The number of benzene rings is 2. The summed E-state index contributed by atoms with van der Waals surface area (Å²) in [6.45, 7) is 1.50. The molecule has 0 aromatic heterocycles. The molecule has 2 aromatic rings. The Morgan fingerprint density at radius 3 is 2.44 bits per heavy atom. The van der Waals surface area contributed by atoms with E-state index in [9.17, 15) is 14.0 Å². The predicted octanol–water partition coefficient (Wildman–Crippen LogP) is 3.89. The first-order valence-electron chi connectivity index (χ1n) is 9.31. The van der Waals surface area contributed by atoms with E-state index in [2.05, 4.69) is 10.6 Å². The van der Waals surface area contributed by atoms with Gasteiger partial charge in [-0.15, -0.1) is 0 Å². The second-order valence-corrected chi connectivity index (χ2v) is 6.67. The molecule has 142 valence electrons. The summed E-state index contributed by atoms with van der Waals surface area (Å²) in [5.41, 5.74) is 1.39. The van der Waals surface area contributed by atoms with Gasteiger partial charge in [-0.05, 0) is 43.2 Å². The fraction of sp³-hybridized carbons (Fsp3) is 0.333. The minimum Gasteiger partial charge on any atom is -0.374 e. The summed E-state index contributed by atoms with van der Waals surface area (Å²) in [4.78, 5) is 26.7. The number of nitrogens with one attached hydrogen (secondary N) is 2. The second kappa shape index (κ2) is 9.16. The Morgan fingerprint density at radius 1 is 0.963 bits per heavy atom. The molecule has 5 nitrogen and oxygen atoms in total. The summed E-state index contributed by atoms with van der Waals surface area (Å²) in [6, 6.07) is 13.1. The van der Waals surface area contributed by atoms with E-state index in [1.807, 2.05) is 4.90 Å². The van der Waals surface area contributed by atoms with Gasteiger partial charge in [0.15, 0.2) is 0 Å². The summed E-state index contributed by atoms with van der Waals surface area (Å²) >= 11 is 0. The molecule has 1 aliphatic heterocycles. The van der Waals surface area contributed by atoms with E-state index < -0.39 is 5.82 Å². The van der Waals surface area contributed by atoms with Gasteiger partial charge in [0, 0.05) is 24.3 Å². The van der Waals surface area contributed by atoms with Crippen LogP contribution in [0, 0.1) is 5.82 Å². The topological polar surface area (TPSA) is 61.4 Å². The highest BCUT2D eigenvalue weighted by atomic mass is 19.1. The highest BCUT2D eigenvalue weighted by Gasteiger charge is 2.17. The van der Waals surface area contributed by atoms with Gasteiger partial charge in [0.1, 0.15) is 5.82 Å². The number of anilines is 2. The molecule has 0 atom stereocenters. The molecule has 27 heavy (non-hydrogen) atoms. The van der Waals surface area contributed by atoms with Crippen LogP contribution < -0.4 is 10.6 Å². The molecule has 1 fully saturated rings. The normalized spacial score (nSPS) is 14.3. The van der Waals surface area contributed by atoms with E-state index in [1.54, 1.807) is 42.5 Å². The highest BCUT2D eigenvalue weighted by molar-refractivity contribution is 5.98. The van der Waals surface area contributed by atoms with Crippen molar-refractivity contribution in [3.63, 3.8) is 0 Å². The maximum atomic E-state index is 13.6. The fourth-order valence-corrected chi connectivity index (χ4v) is 3.17. The Kier molecular flexibility index (Phi) is 6.41. The molecule has 0 unspecified atom stereocenters. The summed E-state index contributed by atoms with van der Waals surface area (Å²) in [6.07, 6.45) is 4.39. The molecule has 1 saturated heterocycles. The van der Waals surface area contributed by atoms with E-state index in [0.29, 0.717) is 11.3 Å². The fourth-order valence-electron chi connectivity index (χ4n) is 3.17. The lowest BCUT2D eigenvalue weighted by Crippen LogP contribution is -2.31. The number of hydrogen-bond acceptors (Lipinski definition) is 3. The Bertz CT molecular complexity index is 802. The van der Waals surface area contributed by atoms with Gasteiger partial charge in [-0.3, -0.25) is 9.59 Å². The van der Waals surface area contributed by atoms with Gasteiger partial charge >= 0.3 is 0 Å². The third-order valence-electron chi connectivity index (χ3n) is 4.60. The zero-order valence-corrected chi connectivity index (χ0v) is 15.2. The Labute approximate surface area is 158 Å². The molecule has 2 aromatic carbocycles. The van der Waals surface area contributed by atoms with Crippen LogP contribution in [0.15, 0.2) is 48.5 Å². The molecule has 2 N–H and O–H groups in total. The molecule has 0 bridgehead atoms. The van der Waals surface area contributed by atoms with Crippen LogP contribution in [-0.4, -0.2) is 36.3 Å². The molecule has 2 amide bonds. The third kappa shape index (κ3) is 5.29. The van der Waals surface area contributed by atoms with Crippen LogP contribution in [0.5, 0.6) is 0 Å². The van der Waals surface area contributed by atoms with Crippen molar-refractivity contribution in [3.8, 4) is 0 Å². The monoisotopic (exact) mass is 369 g/mol. The van der Waals surface area contributed by atoms with Crippen LogP contribution in [0.25, 0.3) is 0 Å². The first kappa shape index (κ1) is 18.9. The van der Waals surface area contributed by atoms with Crippen molar-refractivity contribution in [3.05, 3.63) is 59.9 Å². The molecule has 1 heterocycles. The standard InChI is InChI=1S/C21H24FN3O2/c22-18-10-3-4-11-19(18)23-15-20(26)24-17-9-7-8-16(14-17)21(27)25-12-5-1-2-6-13-25/h3-4,7-11,14,23H,1-2,5-6,12-13,15H2,(H,24,26). The second-order valence-electron chi connectivity index (χ2n) is 6.67. The molecular weight excluding hydrogens is 345 g/mol. The first-order valence-corrected chi connectivity index (χ1v) is 9.31. The van der Waals surface area contributed by atoms with E-state index in [4.69, 9.17) is 0 Å². The summed E-state index contributed by atoms with van der Waals surface area (Å²) in [5, 5.41) is 5.51. The average molecular weight is 369 g/mol. The van der Waals surface area contributed by atoms with Crippen molar-refractivity contribution in [2.75, 3.05) is 30.3 Å². The van der Waals surface area contributed by atoms with Gasteiger partial charge in [0.25, 0.3) is 5.91 Å². The maximum Gasteiger partial charge on any atom is 0.253 e. The van der Waals surface area contributed by atoms with Gasteiger partial charge < -0.3 is 15.5 Å². The van der Waals surface area contributed by atoms with Gasteiger partial charge in [-0.25, -0.2) is 4.39 Å². The highest BCUT2D eigenvalue weighted by Crippen LogP contribution is 2.17. The maximum absolute atomic E-state index is 13.6. The Morgan fingerprint density at radius 2 is 1.70 bits per heavy atom. The summed E-state index contributed by atoms with van der Waals surface area (Å²) in [5.74, 6) is -0.717. The van der Waals surface area contributed by atoms with E-state index >= 15 is 0 Å². The van der Waals surface area contributed by atoms with Crippen LogP contribution in [0.1, 0.15) is 36.0 Å². The van der Waals surface area contributed by atoms with E-state index in [0.717, 1.165) is 38.8 Å². The van der Waals surface area contributed by atoms with Gasteiger partial charge in [0.2, 0.25) is 5.91 Å². The van der Waals surface area contributed by atoms with Crippen LogP contribution in [0.3, 0.4) is 0 Å². The molecule has 0 spiro atoms. The minimum atomic E-state index is -0.407. The Balaban J connectivity index is 1.59.